The number of carbonyl (C=O) groups is 2. The number of aryl methyl sites for hydroxylation is 1. The molecule has 6 nitrogen and oxygen atoms in total. The summed E-state index contributed by atoms with van der Waals surface area (Å²) in [6, 6.07) is 13.2. The van der Waals surface area contributed by atoms with Gasteiger partial charge in [-0.25, -0.2) is 0 Å². The summed E-state index contributed by atoms with van der Waals surface area (Å²) in [5, 5.41) is 5.88. The average Bonchev–Trinajstić information content (AvgIpc) is 2.90. The average molecular weight is 460 g/mol. The molecular formula is C25H34ClN3O3. The van der Waals surface area contributed by atoms with Gasteiger partial charge in [-0.1, -0.05) is 44.2 Å². The van der Waals surface area contributed by atoms with Crippen molar-refractivity contribution in [3.63, 3.8) is 0 Å². The highest BCUT2D eigenvalue weighted by atomic mass is 35.5. The molecule has 2 N–H and O–H groups in total. The van der Waals surface area contributed by atoms with Gasteiger partial charge in [-0.2, -0.15) is 0 Å². The van der Waals surface area contributed by atoms with Gasteiger partial charge < -0.3 is 20.3 Å². The van der Waals surface area contributed by atoms with Crippen LogP contribution in [0.1, 0.15) is 49.8 Å². The molecule has 0 saturated heterocycles. The lowest BCUT2D eigenvalue weighted by atomic mass is 9.99. The molecule has 2 aromatic carbocycles. The molecule has 2 atom stereocenters. The molecule has 0 aliphatic carbocycles. The standard InChI is InChI=1S/C25H33N3O3.ClH/c1-16(2)19-11-13-23(31-5)20(14-19)15-28-22-9-7-6-8-18(22)10-12-21(25(28)30)27-24(29)17(3)26-4;/h6-9,11,13-14,16-17,21,26H,10,12,15H2,1-5H3,(H,27,29);1H/t17-,21-;/m0./s1. The van der Waals surface area contributed by atoms with Crippen molar-refractivity contribution in [3.05, 3.63) is 59.2 Å². The molecule has 174 valence electrons. The molecule has 0 aromatic heterocycles. The van der Waals surface area contributed by atoms with Gasteiger partial charge in [-0.05, 0) is 56.0 Å². The molecule has 32 heavy (non-hydrogen) atoms. The van der Waals surface area contributed by atoms with Gasteiger partial charge in [0.05, 0.1) is 19.7 Å². The zero-order valence-corrected chi connectivity index (χ0v) is 20.3. The summed E-state index contributed by atoms with van der Waals surface area (Å²) in [4.78, 5) is 27.9. The number of nitrogens with zero attached hydrogens (tertiary/aromatic N) is 1. The predicted molar refractivity (Wildman–Crippen MR) is 131 cm³/mol. The highest BCUT2D eigenvalue weighted by molar-refractivity contribution is 6.00. The molecule has 1 aliphatic heterocycles. The first-order valence-corrected chi connectivity index (χ1v) is 10.9. The highest BCUT2D eigenvalue weighted by Gasteiger charge is 2.32. The van der Waals surface area contributed by atoms with Gasteiger partial charge in [-0.15, -0.1) is 12.4 Å². The van der Waals surface area contributed by atoms with Crippen LogP contribution >= 0.6 is 12.4 Å². The Hall–Kier alpha value is -2.57. The molecule has 0 fully saturated rings. The smallest absolute Gasteiger partial charge is 0.249 e. The highest BCUT2D eigenvalue weighted by Crippen LogP contribution is 2.32. The number of carbonyl (C=O) groups excluding carboxylic acids is 2. The summed E-state index contributed by atoms with van der Waals surface area (Å²) in [5.74, 6) is 0.847. The van der Waals surface area contributed by atoms with E-state index in [1.807, 2.05) is 24.3 Å². The van der Waals surface area contributed by atoms with Crippen LogP contribution in [0.4, 0.5) is 5.69 Å². The molecule has 0 unspecified atom stereocenters. The second-order valence-corrected chi connectivity index (χ2v) is 8.39. The Kier molecular flexibility index (Phi) is 9.10. The Morgan fingerprint density at radius 3 is 2.56 bits per heavy atom. The normalized spacial score (nSPS) is 16.6. The Balaban J connectivity index is 0.00000363. The van der Waals surface area contributed by atoms with Crippen LogP contribution in [0.2, 0.25) is 0 Å². The van der Waals surface area contributed by atoms with Crippen molar-refractivity contribution in [2.24, 2.45) is 0 Å². The minimum atomic E-state index is -0.574. The van der Waals surface area contributed by atoms with Gasteiger partial charge >= 0.3 is 0 Å². The van der Waals surface area contributed by atoms with Crippen molar-refractivity contribution in [1.82, 2.24) is 10.6 Å². The number of anilines is 1. The maximum atomic E-state index is 13.6. The van der Waals surface area contributed by atoms with E-state index >= 15 is 0 Å². The van der Waals surface area contributed by atoms with Gasteiger partial charge in [0, 0.05) is 11.3 Å². The minimum absolute atomic E-state index is 0. The first-order valence-electron chi connectivity index (χ1n) is 10.9. The monoisotopic (exact) mass is 459 g/mol. The number of amides is 2. The van der Waals surface area contributed by atoms with E-state index in [9.17, 15) is 9.59 Å². The van der Waals surface area contributed by atoms with Crippen molar-refractivity contribution >= 4 is 29.9 Å². The molecule has 7 heteroatoms. The van der Waals surface area contributed by atoms with E-state index in [1.54, 1.807) is 26.0 Å². The number of ether oxygens (including phenoxy) is 1. The van der Waals surface area contributed by atoms with Crippen LogP contribution in [0.15, 0.2) is 42.5 Å². The Morgan fingerprint density at radius 2 is 1.91 bits per heavy atom. The molecule has 3 rings (SSSR count). The Bertz CT molecular complexity index is 948. The van der Waals surface area contributed by atoms with Crippen molar-refractivity contribution in [2.75, 3.05) is 19.1 Å². The minimum Gasteiger partial charge on any atom is -0.496 e. The summed E-state index contributed by atoms with van der Waals surface area (Å²) in [6.45, 7) is 6.46. The number of para-hydroxylation sites is 1. The fraction of sp³-hybridized carbons (Fsp3) is 0.440. The topological polar surface area (TPSA) is 70.7 Å². The number of halogens is 1. The summed E-state index contributed by atoms with van der Waals surface area (Å²) < 4.78 is 5.60. The first-order chi connectivity index (χ1) is 14.8. The van der Waals surface area contributed by atoms with Crippen LogP contribution in [0, 0.1) is 0 Å². The molecular weight excluding hydrogens is 426 g/mol. The fourth-order valence-corrected chi connectivity index (χ4v) is 3.89. The van der Waals surface area contributed by atoms with E-state index in [4.69, 9.17) is 4.74 Å². The summed E-state index contributed by atoms with van der Waals surface area (Å²) in [7, 11) is 3.38. The second kappa shape index (κ2) is 11.3. The van der Waals surface area contributed by atoms with Gasteiger partial charge in [0.1, 0.15) is 11.8 Å². The van der Waals surface area contributed by atoms with Crippen molar-refractivity contribution < 1.29 is 14.3 Å². The van der Waals surface area contributed by atoms with Gasteiger partial charge in [-0.3, -0.25) is 9.59 Å². The quantitative estimate of drug-likeness (QED) is 0.660. The lowest BCUT2D eigenvalue weighted by Crippen LogP contribution is -2.52. The number of nitrogens with one attached hydrogen (secondary N) is 2. The number of methoxy groups -OCH3 is 1. The molecule has 0 saturated carbocycles. The van der Waals surface area contributed by atoms with Crippen LogP contribution in [0.3, 0.4) is 0 Å². The van der Waals surface area contributed by atoms with Crippen molar-refractivity contribution in [3.8, 4) is 5.75 Å². The molecule has 2 amide bonds. The number of hydrogen-bond acceptors (Lipinski definition) is 4. The zero-order chi connectivity index (χ0) is 22.5. The molecule has 1 heterocycles. The predicted octanol–water partition coefficient (Wildman–Crippen LogP) is 3.81. The van der Waals surface area contributed by atoms with Crippen LogP contribution in [-0.2, 0) is 22.6 Å². The third-order valence-corrected chi connectivity index (χ3v) is 5.99. The number of hydrogen-bond donors (Lipinski definition) is 2. The number of benzene rings is 2. The van der Waals surface area contributed by atoms with E-state index in [1.165, 1.54) is 5.56 Å². The third kappa shape index (κ3) is 5.61. The Morgan fingerprint density at radius 1 is 1.19 bits per heavy atom. The van der Waals surface area contributed by atoms with Gasteiger partial charge in [0.25, 0.3) is 0 Å². The largest absolute Gasteiger partial charge is 0.496 e. The van der Waals surface area contributed by atoms with E-state index in [-0.39, 0.29) is 30.3 Å². The molecule has 2 aromatic rings. The zero-order valence-electron chi connectivity index (χ0n) is 19.5. The number of likely N-dealkylation sites (N-methyl/N-ethyl adjacent to an activating group) is 1. The lowest BCUT2D eigenvalue weighted by Gasteiger charge is -2.28. The third-order valence-electron chi connectivity index (χ3n) is 5.99. The SMILES string of the molecule is CN[C@@H](C)C(=O)N[C@H]1CCc2ccccc2N(Cc2cc(C(C)C)ccc2OC)C1=O.Cl. The van der Waals surface area contributed by atoms with Crippen LogP contribution < -0.4 is 20.3 Å². The van der Waals surface area contributed by atoms with Gasteiger partial charge in [0.15, 0.2) is 0 Å². The van der Waals surface area contributed by atoms with Crippen LogP contribution in [0.25, 0.3) is 0 Å². The Labute approximate surface area is 197 Å². The molecule has 0 spiro atoms. The van der Waals surface area contributed by atoms with Crippen LogP contribution in [-0.4, -0.2) is 38.1 Å². The number of fused-ring (bicyclic) bond motifs is 1. The molecule has 0 bridgehead atoms. The van der Waals surface area contributed by atoms with Gasteiger partial charge in [0.2, 0.25) is 11.8 Å². The fourth-order valence-electron chi connectivity index (χ4n) is 3.89. The molecule has 1 aliphatic rings. The van der Waals surface area contributed by atoms with E-state index in [2.05, 4.69) is 42.7 Å². The molecule has 0 radical (unpaired) electrons. The van der Waals surface area contributed by atoms with E-state index in [0.29, 0.717) is 18.9 Å². The van der Waals surface area contributed by atoms with Crippen molar-refractivity contribution in [1.29, 1.82) is 0 Å². The van der Waals surface area contributed by atoms with E-state index in [0.717, 1.165) is 29.0 Å². The van der Waals surface area contributed by atoms with Crippen LogP contribution in [0.5, 0.6) is 5.75 Å². The summed E-state index contributed by atoms with van der Waals surface area (Å²) in [6.07, 6.45) is 1.29. The summed E-state index contributed by atoms with van der Waals surface area (Å²) in [5.41, 5.74) is 4.14. The maximum absolute atomic E-state index is 13.6. The van der Waals surface area contributed by atoms with E-state index < -0.39 is 6.04 Å². The number of rotatable bonds is 7. The second-order valence-electron chi connectivity index (χ2n) is 8.39. The van der Waals surface area contributed by atoms with Crippen molar-refractivity contribution in [2.45, 2.75) is 58.2 Å². The first kappa shape index (κ1) is 25.7. The lowest BCUT2D eigenvalue weighted by molar-refractivity contribution is -0.128. The summed E-state index contributed by atoms with van der Waals surface area (Å²) >= 11 is 0. The maximum Gasteiger partial charge on any atom is 0.249 e.